The highest BCUT2D eigenvalue weighted by molar-refractivity contribution is 5.95. The third-order valence-corrected chi connectivity index (χ3v) is 5.96. The van der Waals surface area contributed by atoms with Gasteiger partial charge in [-0.2, -0.15) is 9.78 Å². The molecule has 4 aromatic rings. The van der Waals surface area contributed by atoms with Crippen molar-refractivity contribution in [2.45, 2.75) is 18.9 Å². The molecule has 1 aromatic heterocycles. The molecule has 0 bridgehead atoms. The van der Waals surface area contributed by atoms with Crippen molar-refractivity contribution >= 4 is 17.3 Å². The lowest BCUT2D eigenvalue weighted by Crippen LogP contribution is -2.31. The Labute approximate surface area is 216 Å². The molecule has 0 radical (unpaired) electrons. The number of nitrogens with zero attached hydrogens (tertiary/aromatic N) is 2. The number of anilines is 2. The van der Waals surface area contributed by atoms with Crippen molar-refractivity contribution in [1.82, 2.24) is 15.1 Å². The number of carbonyl (C=O) groups excluding carboxylic acids is 1. The first-order chi connectivity index (χ1) is 18.5. The fraction of sp³-hybridized carbons (Fsp3) is 0.179. The minimum Gasteiger partial charge on any atom is -0.453 e. The van der Waals surface area contributed by atoms with E-state index in [1.807, 2.05) is 0 Å². The Bertz CT molecular complexity index is 1480. The molecule has 1 amide bonds. The number of halogens is 2. The number of nitrogens with one attached hydrogen (secondary N) is 2. The second-order valence-corrected chi connectivity index (χ2v) is 8.68. The third-order valence-electron chi connectivity index (χ3n) is 5.96. The molecule has 2 N–H and O–H groups in total. The zero-order chi connectivity index (χ0) is 26.5. The predicted molar refractivity (Wildman–Crippen MR) is 137 cm³/mol. The molecule has 0 saturated carbocycles. The molecule has 1 saturated heterocycles. The van der Waals surface area contributed by atoms with Crippen LogP contribution in [-0.4, -0.2) is 34.9 Å². The highest BCUT2D eigenvalue weighted by Gasteiger charge is 2.18. The molecule has 194 valence electrons. The first-order valence-electron chi connectivity index (χ1n) is 12.0. The summed E-state index contributed by atoms with van der Waals surface area (Å²) in [5.74, 6) is -0.794. The topological polar surface area (TPSA) is 94.5 Å². The lowest BCUT2D eigenvalue weighted by atomic mass is 10.1. The number of benzene rings is 3. The Morgan fingerprint density at radius 1 is 1.05 bits per heavy atom. The van der Waals surface area contributed by atoms with Crippen molar-refractivity contribution in [2.24, 2.45) is 0 Å². The molecule has 1 fully saturated rings. The Kier molecular flexibility index (Phi) is 7.41. The molecular weight excluding hydrogens is 494 g/mol. The Hall–Kier alpha value is -4.57. The van der Waals surface area contributed by atoms with E-state index in [1.165, 1.54) is 54.7 Å². The SMILES string of the molecule is O=C(NCC1CCCO1)c1cccc(Nc2c(Oc3ccc(F)cc3)cnn(-c3ccc(F)cc3)c2=O)c1. The van der Waals surface area contributed by atoms with E-state index in [1.54, 1.807) is 24.3 Å². The van der Waals surface area contributed by atoms with Crippen molar-refractivity contribution in [1.29, 1.82) is 0 Å². The minimum absolute atomic E-state index is 0.00757. The number of aromatic nitrogens is 2. The van der Waals surface area contributed by atoms with Gasteiger partial charge in [-0.25, -0.2) is 8.78 Å². The highest BCUT2D eigenvalue weighted by atomic mass is 19.1. The lowest BCUT2D eigenvalue weighted by molar-refractivity contribution is 0.0858. The first kappa shape index (κ1) is 25.1. The van der Waals surface area contributed by atoms with Gasteiger partial charge in [-0.3, -0.25) is 9.59 Å². The zero-order valence-corrected chi connectivity index (χ0v) is 20.2. The summed E-state index contributed by atoms with van der Waals surface area (Å²) in [7, 11) is 0. The van der Waals surface area contributed by atoms with Gasteiger partial charge in [0, 0.05) is 24.4 Å². The van der Waals surface area contributed by atoms with Crippen LogP contribution in [0.25, 0.3) is 5.69 Å². The zero-order valence-electron chi connectivity index (χ0n) is 20.2. The second kappa shape index (κ2) is 11.2. The number of hydrogen-bond donors (Lipinski definition) is 2. The summed E-state index contributed by atoms with van der Waals surface area (Å²) in [4.78, 5) is 26.2. The molecule has 0 aliphatic carbocycles. The van der Waals surface area contributed by atoms with Crippen LogP contribution >= 0.6 is 0 Å². The van der Waals surface area contributed by atoms with E-state index in [2.05, 4.69) is 15.7 Å². The number of carbonyl (C=O) groups is 1. The predicted octanol–water partition coefficient (Wildman–Crippen LogP) is 4.96. The van der Waals surface area contributed by atoms with E-state index >= 15 is 0 Å². The Balaban J connectivity index is 1.45. The largest absolute Gasteiger partial charge is 0.453 e. The quantitative estimate of drug-likeness (QED) is 0.343. The smallest absolute Gasteiger partial charge is 0.299 e. The van der Waals surface area contributed by atoms with Gasteiger partial charge in [0.25, 0.3) is 11.5 Å². The van der Waals surface area contributed by atoms with Gasteiger partial charge >= 0.3 is 0 Å². The molecule has 1 unspecified atom stereocenters. The molecule has 2 heterocycles. The fourth-order valence-electron chi connectivity index (χ4n) is 4.02. The van der Waals surface area contributed by atoms with Crippen molar-refractivity contribution in [3.05, 3.63) is 107 Å². The van der Waals surface area contributed by atoms with Crippen LogP contribution in [0.1, 0.15) is 23.2 Å². The first-order valence-corrected chi connectivity index (χ1v) is 12.0. The van der Waals surface area contributed by atoms with E-state index in [9.17, 15) is 18.4 Å². The van der Waals surface area contributed by atoms with Gasteiger partial charge in [-0.1, -0.05) is 6.07 Å². The maximum absolute atomic E-state index is 13.5. The molecule has 0 spiro atoms. The van der Waals surface area contributed by atoms with Gasteiger partial charge < -0.3 is 20.1 Å². The van der Waals surface area contributed by atoms with Crippen LogP contribution in [0.15, 0.2) is 83.8 Å². The highest BCUT2D eigenvalue weighted by Crippen LogP contribution is 2.29. The maximum atomic E-state index is 13.5. The number of amides is 1. The van der Waals surface area contributed by atoms with E-state index in [0.29, 0.717) is 30.1 Å². The fourth-order valence-corrected chi connectivity index (χ4v) is 4.02. The van der Waals surface area contributed by atoms with Crippen molar-refractivity contribution in [3.8, 4) is 17.2 Å². The van der Waals surface area contributed by atoms with E-state index in [0.717, 1.165) is 17.5 Å². The van der Waals surface area contributed by atoms with Crippen LogP contribution in [0.2, 0.25) is 0 Å². The molecule has 1 aliphatic rings. The standard InChI is InChI=1S/C28H24F2N4O4/c29-19-6-10-22(11-7-19)34-28(36)26(25(17-32-34)38-23-12-8-20(30)9-13-23)33-21-4-1-3-18(15-21)27(35)31-16-24-5-2-14-37-24/h1,3-4,6-13,15,17,24,33H,2,5,14,16H2,(H,31,35). The number of rotatable bonds is 8. The second-order valence-electron chi connectivity index (χ2n) is 8.68. The van der Waals surface area contributed by atoms with Crippen LogP contribution in [0, 0.1) is 11.6 Å². The average Bonchev–Trinajstić information content (AvgIpc) is 3.45. The number of hydrogen-bond acceptors (Lipinski definition) is 6. The van der Waals surface area contributed by atoms with Crippen LogP contribution in [-0.2, 0) is 4.74 Å². The van der Waals surface area contributed by atoms with Crippen molar-refractivity contribution in [3.63, 3.8) is 0 Å². The Morgan fingerprint density at radius 3 is 2.50 bits per heavy atom. The lowest BCUT2D eigenvalue weighted by Gasteiger charge is -2.15. The van der Waals surface area contributed by atoms with Crippen LogP contribution in [0.3, 0.4) is 0 Å². The van der Waals surface area contributed by atoms with Crippen LogP contribution < -0.4 is 20.9 Å². The van der Waals surface area contributed by atoms with Gasteiger partial charge in [0.1, 0.15) is 17.4 Å². The summed E-state index contributed by atoms with van der Waals surface area (Å²) in [6.07, 6.45) is 3.22. The monoisotopic (exact) mass is 518 g/mol. The van der Waals surface area contributed by atoms with Crippen molar-refractivity contribution in [2.75, 3.05) is 18.5 Å². The Morgan fingerprint density at radius 2 is 1.79 bits per heavy atom. The minimum atomic E-state index is -0.579. The maximum Gasteiger partial charge on any atom is 0.299 e. The average molecular weight is 519 g/mol. The molecule has 38 heavy (non-hydrogen) atoms. The molecule has 10 heteroatoms. The van der Waals surface area contributed by atoms with E-state index in [-0.39, 0.29) is 29.2 Å². The van der Waals surface area contributed by atoms with E-state index in [4.69, 9.17) is 9.47 Å². The van der Waals surface area contributed by atoms with Crippen LogP contribution in [0.5, 0.6) is 11.5 Å². The number of ether oxygens (including phenoxy) is 2. The van der Waals surface area contributed by atoms with Gasteiger partial charge in [0.15, 0.2) is 11.4 Å². The summed E-state index contributed by atoms with van der Waals surface area (Å²) in [5, 5.41) is 10.1. The summed E-state index contributed by atoms with van der Waals surface area (Å²) < 4.78 is 39.3. The van der Waals surface area contributed by atoms with E-state index < -0.39 is 17.2 Å². The van der Waals surface area contributed by atoms with Gasteiger partial charge in [0.2, 0.25) is 0 Å². The normalized spacial score (nSPS) is 14.7. The van der Waals surface area contributed by atoms with Gasteiger partial charge in [-0.05, 0) is 79.6 Å². The summed E-state index contributed by atoms with van der Waals surface area (Å²) in [6.45, 7) is 1.11. The summed E-state index contributed by atoms with van der Waals surface area (Å²) >= 11 is 0. The van der Waals surface area contributed by atoms with Crippen LogP contribution in [0.4, 0.5) is 20.2 Å². The van der Waals surface area contributed by atoms with Gasteiger partial charge in [0.05, 0.1) is 18.0 Å². The summed E-state index contributed by atoms with van der Waals surface area (Å²) in [6, 6.07) is 17.2. The van der Waals surface area contributed by atoms with Crippen molar-refractivity contribution < 1.29 is 23.0 Å². The molecule has 1 atom stereocenters. The molecular formula is C28H24F2N4O4. The molecule has 3 aromatic carbocycles. The van der Waals surface area contributed by atoms with Gasteiger partial charge in [-0.15, -0.1) is 0 Å². The molecule has 1 aliphatic heterocycles. The summed E-state index contributed by atoms with van der Waals surface area (Å²) in [5.41, 5.74) is 0.625. The third kappa shape index (κ3) is 5.87. The molecule has 8 nitrogen and oxygen atoms in total. The molecule has 5 rings (SSSR count).